The maximum atomic E-state index is 11.8. The predicted molar refractivity (Wildman–Crippen MR) is 64.0 cm³/mol. The molecule has 0 fully saturated rings. The molecule has 1 unspecified atom stereocenters. The van der Waals surface area contributed by atoms with Crippen molar-refractivity contribution < 1.29 is 29.7 Å². The molecular formula is C12H13NO6. The molecule has 0 heterocycles. The number of phenolic OH excluding ortho intramolecular Hbond substituents is 1. The Morgan fingerprint density at radius 1 is 1.26 bits per heavy atom. The summed E-state index contributed by atoms with van der Waals surface area (Å²) in [4.78, 5) is 33.1. The van der Waals surface area contributed by atoms with E-state index in [0.29, 0.717) is 5.56 Å². The van der Waals surface area contributed by atoms with Crippen molar-refractivity contribution in [2.45, 2.75) is 19.4 Å². The molecule has 1 rings (SSSR count). The molecule has 1 amide bonds. The molecule has 1 aromatic carbocycles. The average Bonchev–Trinajstić information content (AvgIpc) is 2.26. The molecule has 7 heteroatoms. The third kappa shape index (κ3) is 3.98. The lowest BCUT2D eigenvalue weighted by molar-refractivity contribution is -0.145. The first-order chi connectivity index (χ1) is 8.81. The number of benzene rings is 1. The number of carboxylic acids is 2. The van der Waals surface area contributed by atoms with E-state index in [9.17, 15) is 19.5 Å². The fourth-order valence-electron chi connectivity index (χ4n) is 1.51. The summed E-state index contributed by atoms with van der Waals surface area (Å²) >= 11 is 0. The Labute approximate surface area is 108 Å². The first-order valence-electron chi connectivity index (χ1n) is 5.36. The van der Waals surface area contributed by atoms with E-state index in [-0.39, 0.29) is 11.3 Å². The molecule has 0 saturated heterocycles. The highest BCUT2D eigenvalue weighted by Crippen LogP contribution is 2.15. The predicted octanol–water partition coefficient (Wildman–Crippen LogP) is 0.358. The van der Waals surface area contributed by atoms with E-state index in [1.165, 1.54) is 18.2 Å². The molecule has 19 heavy (non-hydrogen) atoms. The van der Waals surface area contributed by atoms with Crippen molar-refractivity contribution in [2.75, 3.05) is 0 Å². The molecule has 0 aliphatic rings. The zero-order valence-corrected chi connectivity index (χ0v) is 10.1. The molecule has 1 atom stereocenters. The van der Waals surface area contributed by atoms with Gasteiger partial charge in [0.2, 0.25) is 0 Å². The van der Waals surface area contributed by atoms with Gasteiger partial charge in [0, 0.05) is 5.56 Å². The SMILES string of the molecule is Cc1cc(O)ccc1C(=O)NC(CC(=O)O)C(=O)O. The van der Waals surface area contributed by atoms with Gasteiger partial charge in [0.15, 0.2) is 0 Å². The number of nitrogens with one attached hydrogen (secondary N) is 1. The van der Waals surface area contributed by atoms with Crippen LogP contribution in [0.15, 0.2) is 18.2 Å². The summed E-state index contributed by atoms with van der Waals surface area (Å²) in [6, 6.07) is 2.47. The fourth-order valence-corrected chi connectivity index (χ4v) is 1.51. The van der Waals surface area contributed by atoms with Crippen molar-refractivity contribution in [3.8, 4) is 5.75 Å². The van der Waals surface area contributed by atoms with Gasteiger partial charge in [0.1, 0.15) is 11.8 Å². The van der Waals surface area contributed by atoms with Crippen molar-refractivity contribution in [1.29, 1.82) is 0 Å². The second-order valence-electron chi connectivity index (χ2n) is 3.96. The fraction of sp³-hybridized carbons (Fsp3) is 0.250. The van der Waals surface area contributed by atoms with Crippen LogP contribution in [-0.4, -0.2) is 39.2 Å². The monoisotopic (exact) mass is 267 g/mol. The minimum atomic E-state index is -1.50. The topological polar surface area (TPSA) is 124 Å². The van der Waals surface area contributed by atoms with Crippen LogP contribution in [-0.2, 0) is 9.59 Å². The smallest absolute Gasteiger partial charge is 0.326 e. The lowest BCUT2D eigenvalue weighted by atomic mass is 10.1. The largest absolute Gasteiger partial charge is 0.508 e. The van der Waals surface area contributed by atoms with Crippen LogP contribution < -0.4 is 5.32 Å². The van der Waals surface area contributed by atoms with E-state index in [1.807, 2.05) is 0 Å². The first kappa shape index (κ1) is 14.5. The summed E-state index contributed by atoms with van der Waals surface area (Å²) in [5, 5.41) is 28.7. The van der Waals surface area contributed by atoms with Crippen molar-refractivity contribution >= 4 is 17.8 Å². The Balaban J connectivity index is 2.87. The van der Waals surface area contributed by atoms with E-state index in [2.05, 4.69) is 5.32 Å². The van der Waals surface area contributed by atoms with Crippen LogP contribution in [0.3, 0.4) is 0 Å². The summed E-state index contributed by atoms with van der Waals surface area (Å²) in [5.41, 5.74) is 0.631. The molecule has 0 spiro atoms. The number of amides is 1. The number of rotatable bonds is 5. The van der Waals surface area contributed by atoms with Crippen molar-refractivity contribution in [3.63, 3.8) is 0 Å². The quantitative estimate of drug-likeness (QED) is 0.610. The minimum Gasteiger partial charge on any atom is -0.508 e. The Morgan fingerprint density at radius 3 is 2.37 bits per heavy atom. The highest BCUT2D eigenvalue weighted by molar-refractivity contribution is 5.98. The summed E-state index contributed by atoms with van der Waals surface area (Å²) < 4.78 is 0. The van der Waals surface area contributed by atoms with Crippen LogP contribution >= 0.6 is 0 Å². The summed E-state index contributed by atoms with van der Waals surface area (Å²) in [6.45, 7) is 1.57. The van der Waals surface area contributed by atoms with Gasteiger partial charge in [-0.3, -0.25) is 9.59 Å². The highest BCUT2D eigenvalue weighted by Gasteiger charge is 2.24. The van der Waals surface area contributed by atoms with Crippen molar-refractivity contribution in [2.24, 2.45) is 0 Å². The van der Waals surface area contributed by atoms with Gasteiger partial charge in [-0.15, -0.1) is 0 Å². The van der Waals surface area contributed by atoms with Crippen LogP contribution in [0.5, 0.6) is 5.75 Å². The summed E-state index contributed by atoms with van der Waals surface area (Å²) in [6.07, 6.45) is -0.710. The number of hydrogen-bond donors (Lipinski definition) is 4. The molecule has 0 bridgehead atoms. The molecular weight excluding hydrogens is 254 g/mol. The maximum absolute atomic E-state index is 11.8. The molecule has 0 aliphatic heterocycles. The van der Waals surface area contributed by atoms with Gasteiger partial charge < -0.3 is 20.6 Å². The molecule has 0 aromatic heterocycles. The number of aromatic hydroxyl groups is 1. The highest BCUT2D eigenvalue weighted by atomic mass is 16.4. The molecule has 102 valence electrons. The van der Waals surface area contributed by atoms with Gasteiger partial charge in [0.05, 0.1) is 6.42 Å². The van der Waals surface area contributed by atoms with E-state index >= 15 is 0 Å². The third-order valence-corrected chi connectivity index (χ3v) is 2.44. The number of aryl methyl sites for hydroxylation is 1. The second-order valence-corrected chi connectivity index (χ2v) is 3.96. The van der Waals surface area contributed by atoms with Gasteiger partial charge in [-0.25, -0.2) is 4.79 Å². The number of carbonyl (C=O) groups excluding carboxylic acids is 1. The summed E-state index contributed by atoms with van der Waals surface area (Å²) in [7, 11) is 0. The van der Waals surface area contributed by atoms with E-state index in [1.54, 1.807) is 6.92 Å². The first-order valence-corrected chi connectivity index (χ1v) is 5.36. The standard InChI is InChI=1S/C12H13NO6/c1-6-4-7(14)2-3-8(6)11(17)13-9(12(18)19)5-10(15)16/h2-4,9,14H,5H2,1H3,(H,13,17)(H,15,16)(H,18,19). The zero-order valence-electron chi connectivity index (χ0n) is 10.1. The molecule has 0 aliphatic carbocycles. The van der Waals surface area contributed by atoms with Gasteiger partial charge in [0.25, 0.3) is 5.91 Å². The van der Waals surface area contributed by atoms with E-state index in [0.717, 1.165) is 0 Å². The van der Waals surface area contributed by atoms with E-state index in [4.69, 9.17) is 10.2 Å². The number of hydrogen-bond acceptors (Lipinski definition) is 4. The molecule has 7 nitrogen and oxygen atoms in total. The normalized spacial score (nSPS) is 11.6. The summed E-state index contributed by atoms with van der Waals surface area (Å²) in [5.74, 6) is -3.47. The van der Waals surface area contributed by atoms with Crippen LogP contribution in [0.4, 0.5) is 0 Å². The zero-order chi connectivity index (χ0) is 14.6. The number of aliphatic carboxylic acids is 2. The minimum absolute atomic E-state index is 0.0191. The average molecular weight is 267 g/mol. The maximum Gasteiger partial charge on any atom is 0.326 e. The van der Waals surface area contributed by atoms with Crippen LogP contribution in [0, 0.1) is 6.92 Å². The van der Waals surface area contributed by atoms with Crippen LogP contribution in [0.2, 0.25) is 0 Å². The van der Waals surface area contributed by atoms with Gasteiger partial charge in [-0.1, -0.05) is 0 Å². The molecule has 0 saturated carbocycles. The third-order valence-electron chi connectivity index (χ3n) is 2.44. The number of phenols is 1. The lowest BCUT2D eigenvalue weighted by Gasteiger charge is -2.13. The number of carbonyl (C=O) groups is 3. The molecule has 0 radical (unpaired) electrons. The molecule has 4 N–H and O–H groups in total. The van der Waals surface area contributed by atoms with Crippen LogP contribution in [0.25, 0.3) is 0 Å². The van der Waals surface area contributed by atoms with E-state index < -0.39 is 30.3 Å². The Kier molecular flexibility index (Phi) is 4.46. The Hall–Kier alpha value is -2.57. The number of carboxylic acid groups (broad SMARTS) is 2. The van der Waals surface area contributed by atoms with Gasteiger partial charge in [-0.2, -0.15) is 0 Å². The lowest BCUT2D eigenvalue weighted by Crippen LogP contribution is -2.42. The second kappa shape index (κ2) is 5.85. The van der Waals surface area contributed by atoms with Crippen molar-refractivity contribution in [1.82, 2.24) is 5.32 Å². The Morgan fingerprint density at radius 2 is 1.89 bits per heavy atom. The Bertz CT molecular complexity index is 525. The van der Waals surface area contributed by atoms with Gasteiger partial charge >= 0.3 is 11.9 Å². The molecule has 1 aromatic rings. The van der Waals surface area contributed by atoms with Crippen LogP contribution in [0.1, 0.15) is 22.3 Å². The van der Waals surface area contributed by atoms with Gasteiger partial charge in [-0.05, 0) is 30.7 Å². The van der Waals surface area contributed by atoms with Crippen molar-refractivity contribution in [3.05, 3.63) is 29.3 Å².